The molecule has 0 unspecified atom stereocenters. The molecule has 0 aromatic heterocycles. The zero-order valence-electron chi connectivity index (χ0n) is 11.6. The zero-order chi connectivity index (χ0) is 13.2. The third kappa shape index (κ3) is 2.47. The third-order valence-electron chi connectivity index (χ3n) is 3.73. The van der Waals surface area contributed by atoms with Crippen LogP contribution < -0.4 is 0 Å². The highest BCUT2D eigenvalue weighted by Gasteiger charge is 2.56. The molecule has 1 saturated heterocycles. The Labute approximate surface area is 104 Å². The van der Waals surface area contributed by atoms with E-state index in [2.05, 4.69) is 20.8 Å². The van der Waals surface area contributed by atoms with Crippen molar-refractivity contribution >= 4 is 5.97 Å². The van der Waals surface area contributed by atoms with Gasteiger partial charge >= 0.3 is 5.97 Å². The van der Waals surface area contributed by atoms with Crippen molar-refractivity contribution in [2.75, 3.05) is 7.11 Å². The summed E-state index contributed by atoms with van der Waals surface area (Å²) in [5, 5.41) is 0. The molecular formula is C13H24O4. The molecule has 1 aliphatic heterocycles. The van der Waals surface area contributed by atoms with E-state index in [0.29, 0.717) is 5.92 Å². The molecule has 0 aromatic rings. The fourth-order valence-corrected chi connectivity index (χ4v) is 2.84. The SMILES string of the molecule is CC[C@@]1(C(C)C)O[C@@H](C)[C@H](OC(C)=O)[C@@H]1OC. The number of carbonyl (C=O) groups is 1. The first-order chi connectivity index (χ1) is 7.89. The van der Waals surface area contributed by atoms with Crippen molar-refractivity contribution in [3.8, 4) is 0 Å². The second-order valence-electron chi connectivity index (χ2n) is 5.02. The molecule has 4 heteroatoms. The molecule has 17 heavy (non-hydrogen) atoms. The number of esters is 1. The van der Waals surface area contributed by atoms with Crippen LogP contribution in [0.3, 0.4) is 0 Å². The van der Waals surface area contributed by atoms with Crippen LogP contribution in [0.2, 0.25) is 0 Å². The monoisotopic (exact) mass is 244 g/mol. The van der Waals surface area contributed by atoms with Crippen LogP contribution in [-0.2, 0) is 19.0 Å². The van der Waals surface area contributed by atoms with E-state index in [4.69, 9.17) is 14.2 Å². The first-order valence-corrected chi connectivity index (χ1v) is 6.26. The first kappa shape index (κ1) is 14.5. The highest BCUT2D eigenvalue weighted by molar-refractivity contribution is 5.66. The predicted octanol–water partition coefficient (Wildman–Crippen LogP) is 2.16. The van der Waals surface area contributed by atoms with Gasteiger partial charge in [0.05, 0.1) is 6.10 Å². The van der Waals surface area contributed by atoms with Gasteiger partial charge < -0.3 is 14.2 Å². The largest absolute Gasteiger partial charge is 0.457 e. The number of ether oxygens (including phenoxy) is 3. The number of hydrogen-bond acceptors (Lipinski definition) is 4. The van der Waals surface area contributed by atoms with Gasteiger partial charge in [-0.25, -0.2) is 0 Å². The van der Waals surface area contributed by atoms with Gasteiger partial charge in [-0.3, -0.25) is 4.79 Å². The number of hydrogen-bond donors (Lipinski definition) is 0. The van der Waals surface area contributed by atoms with E-state index in [-0.39, 0.29) is 29.9 Å². The maximum Gasteiger partial charge on any atom is 0.303 e. The number of methoxy groups -OCH3 is 1. The molecule has 1 fully saturated rings. The molecule has 0 amide bonds. The highest BCUT2D eigenvalue weighted by Crippen LogP contribution is 2.42. The van der Waals surface area contributed by atoms with Gasteiger partial charge in [0.15, 0.2) is 6.10 Å². The van der Waals surface area contributed by atoms with E-state index < -0.39 is 0 Å². The Morgan fingerprint density at radius 2 is 2.06 bits per heavy atom. The molecule has 1 rings (SSSR count). The molecule has 0 bridgehead atoms. The van der Waals surface area contributed by atoms with Gasteiger partial charge in [-0.2, -0.15) is 0 Å². The Hall–Kier alpha value is -0.610. The van der Waals surface area contributed by atoms with E-state index in [1.165, 1.54) is 6.92 Å². The minimum atomic E-state index is -0.367. The maximum absolute atomic E-state index is 11.1. The Morgan fingerprint density at radius 1 is 1.47 bits per heavy atom. The fraction of sp³-hybridized carbons (Fsp3) is 0.923. The molecule has 0 N–H and O–H groups in total. The van der Waals surface area contributed by atoms with Gasteiger partial charge in [-0.15, -0.1) is 0 Å². The van der Waals surface area contributed by atoms with Crippen LogP contribution in [0.15, 0.2) is 0 Å². The predicted molar refractivity (Wildman–Crippen MR) is 64.8 cm³/mol. The van der Waals surface area contributed by atoms with Crippen LogP contribution in [0.4, 0.5) is 0 Å². The van der Waals surface area contributed by atoms with Crippen LogP contribution in [0.5, 0.6) is 0 Å². The number of carbonyl (C=O) groups excluding carboxylic acids is 1. The van der Waals surface area contributed by atoms with E-state index in [9.17, 15) is 4.79 Å². The summed E-state index contributed by atoms with van der Waals surface area (Å²) in [6.07, 6.45) is 0.183. The minimum Gasteiger partial charge on any atom is -0.457 e. The molecule has 0 spiro atoms. The number of rotatable bonds is 4. The summed E-state index contributed by atoms with van der Waals surface area (Å²) in [5.74, 6) is 0.0172. The lowest BCUT2D eigenvalue weighted by Crippen LogP contribution is -2.48. The summed E-state index contributed by atoms with van der Waals surface area (Å²) in [4.78, 5) is 11.1. The fourth-order valence-electron chi connectivity index (χ4n) is 2.84. The third-order valence-corrected chi connectivity index (χ3v) is 3.73. The molecule has 1 heterocycles. The molecule has 0 saturated carbocycles. The Bertz CT molecular complexity index is 277. The molecule has 1 aliphatic rings. The molecule has 0 radical (unpaired) electrons. The van der Waals surface area contributed by atoms with E-state index in [1.807, 2.05) is 6.92 Å². The van der Waals surface area contributed by atoms with Crippen molar-refractivity contribution in [2.45, 2.75) is 65.0 Å². The highest BCUT2D eigenvalue weighted by atomic mass is 16.6. The van der Waals surface area contributed by atoms with Gasteiger partial charge in [0.2, 0.25) is 0 Å². The Balaban J connectivity index is 3.00. The maximum atomic E-state index is 11.1. The van der Waals surface area contributed by atoms with Crippen molar-refractivity contribution in [1.82, 2.24) is 0 Å². The van der Waals surface area contributed by atoms with Crippen molar-refractivity contribution < 1.29 is 19.0 Å². The minimum absolute atomic E-state index is 0.133. The van der Waals surface area contributed by atoms with E-state index >= 15 is 0 Å². The van der Waals surface area contributed by atoms with Crippen LogP contribution in [0.1, 0.15) is 41.0 Å². The molecule has 4 atom stereocenters. The van der Waals surface area contributed by atoms with Gasteiger partial charge in [-0.1, -0.05) is 20.8 Å². The Morgan fingerprint density at radius 3 is 2.41 bits per heavy atom. The lowest BCUT2D eigenvalue weighted by atomic mass is 9.82. The van der Waals surface area contributed by atoms with Crippen molar-refractivity contribution in [3.05, 3.63) is 0 Å². The second-order valence-corrected chi connectivity index (χ2v) is 5.02. The quantitative estimate of drug-likeness (QED) is 0.711. The van der Waals surface area contributed by atoms with E-state index in [0.717, 1.165) is 6.42 Å². The average Bonchev–Trinajstić information content (AvgIpc) is 2.51. The van der Waals surface area contributed by atoms with Crippen LogP contribution in [-0.4, -0.2) is 37.0 Å². The Kier molecular flexibility index (Phi) is 4.55. The second kappa shape index (κ2) is 5.36. The molecule has 100 valence electrons. The standard InChI is InChI=1S/C13H24O4/c1-7-13(8(2)3)12(15-6)11(9(4)17-13)16-10(5)14/h8-9,11-12H,7H2,1-6H3/t9-,11-,12-,13-/m0/s1. The lowest BCUT2D eigenvalue weighted by molar-refractivity contribution is -0.154. The first-order valence-electron chi connectivity index (χ1n) is 6.26. The summed E-state index contributed by atoms with van der Waals surface area (Å²) in [5.41, 5.74) is -0.367. The summed E-state index contributed by atoms with van der Waals surface area (Å²) < 4.78 is 17.0. The summed E-state index contributed by atoms with van der Waals surface area (Å²) in [6.45, 7) is 9.64. The summed E-state index contributed by atoms with van der Waals surface area (Å²) >= 11 is 0. The van der Waals surface area contributed by atoms with Crippen LogP contribution >= 0.6 is 0 Å². The molecular weight excluding hydrogens is 220 g/mol. The van der Waals surface area contributed by atoms with Crippen molar-refractivity contribution in [2.24, 2.45) is 5.92 Å². The molecule has 0 aliphatic carbocycles. The summed E-state index contributed by atoms with van der Waals surface area (Å²) in [7, 11) is 1.65. The van der Waals surface area contributed by atoms with Crippen molar-refractivity contribution in [1.29, 1.82) is 0 Å². The van der Waals surface area contributed by atoms with Gasteiger partial charge in [0.25, 0.3) is 0 Å². The van der Waals surface area contributed by atoms with Gasteiger partial charge in [-0.05, 0) is 19.3 Å². The van der Waals surface area contributed by atoms with Gasteiger partial charge in [0, 0.05) is 14.0 Å². The summed E-state index contributed by atoms with van der Waals surface area (Å²) in [6, 6.07) is 0. The average molecular weight is 244 g/mol. The molecule has 4 nitrogen and oxygen atoms in total. The van der Waals surface area contributed by atoms with Crippen LogP contribution in [0, 0.1) is 5.92 Å². The lowest BCUT2D eigenvalue weighted by Gasteiger charge is -2.37. The zero-order valence-corrected chi connectivity index (χ0v) is 11.6. The topological polar surface area (TPSA) is 44.8 Å². The van der Waals surface area contributed by atoms with E-state index in [1.54, 1.807) is 7.11 Å². The van der Waals surface area contributed by atoms with Gasteiger partial charge in [0.1, 0.15) is 11.7 Å². The normalized spacial score (nSPS) is 37.5. The molecule has 0 aromatic carbocycles. The smallest absolute Gasteiger partial charge is 0.303 e. The van der Waals surface area contributed by atoms with Crippen LogP contribution in [0.25, 0.3) is 0 Å². The van der Waals surface area contributed by atoms with Crippen molar-refractivity contribution in [3.63, 3.8) is 0 Å².